The van der Waals surface area contributed by atoms with Gasteiger partial charge in [-0.1, -0.05) is 17.7 Å². The van der Waals surface area contributed by atoms with E-state index in [0.29, 0.717) is 15.1 Å². The fourth-order valence-corrected chi connectivity index (χ4v) is 1.66. The third-order valence-corrected chi connectivity index (χ3v) is 3.10. The number of carbonyl (C=O) groups is 1. The molecule has 2 aromatic rings. The van der Waals surface area contributed by atoms with E-state index in [1.54, 1.807) is 18.2 Å². The minimum Gasteiger partial charge on any atom is -0.475 e. The average molecular weight is 303 g/mol. The van der Waals surface area contributed by atoms with Gasteiger partial charge in [0.05, 0.1) is 10.6 Å². The molecule has 82 valence electrons. The molecule has 0 unspecified atom stereocenters. The standard InChI is InChI=1S/C9H4BrClN2O3/c10-5-3-1-2-4(6(5)11)8-12-7(9(14)15)13-16-8/h1-3H,(H,14,15). The molecule has 0 saturated heterocycles. The lowest BCUT2D eigenvalue weighted by Crippen LogP contribution is -1.98. The highest BCUT2D eigenvalue weighted by molar-refractivity contribution is 9.10. The van der Waals surface area contributed by atoms with Crippen molar-refractivity contribution >= 4 is 33.5 Å². The summed E-state index contributed by atoms with van der Waals surface area (Å²) < 4.78 is 5.47. The van der Waals surface area contributed by atoms with Gasteiger partial charge in [-0.15, -0.1) is 0 Å². The van der Waals surface area contributed by atoms with Crippen LogP contribution in [0.25, 0.3) is 11.5 Å². The first-order chi connectivity index (χ1) is 7.59. The highest BCUT2D eigenvalue weighted by Crippen LogP contribution is 2.32. The summed E-state index contributed by atoms with van der Waals surface area (Å²) in [6, 6.07) is 5.14. The summed E-state index contributed by atoms with van der Waals surface area (Å²) in [5, 5.41) is 12.3. The van der Waals surface area contributed by atoms with E-state index in [0.717, 1.165) is 0 Å². The lowest BCUT2D eigenvalue weighted by molar-refractivity contribution is 0.0680. The van der Waals surface area contributed by atoms with Crippen LogP contribution in [0.1, 0.15) is 10.6 Å². The van der Waals surface area contributed by atoms with Gasteiger partial charge >= 0.3 is 5.97 Å². The molecule has 1 heterocycles. The molecule has 0 amide bonds. The molecule has 0 radical (unpaired) electrons. The molecule has 0 spiro atoms. The lowest BCUT2D eigenvalue weighted by atomic mass is 10.2. The molecule has 2 rings (SSSR count). The molecular formula is C9H4BrClN2O3. The third-order valence-electron chi connectivity index (χ3n) is 1.80. The van der Waals surface area contributed by atoms with Gasteiger partial charge in [0.1, 0.15) is 0 Å². The van der Waals surface area contributed by atoms with Gasteiger partial charge in [-0.2, -0.15) is 4.98 Å². The maximum Gasteiger partial charge on any atom is 0.377 e. The molecule has 1 N–H and O–H groups in total. The molecule has 0 aliphatic heterocycles. The number of benzene rings is 1. The Labute approximate surface area is 103 Å². The summed E-state index contributed by atoms with van der Waals surface area (Å²) in [4.78, 5) is 14.3. The maximum atomic E-state index is 10.6. The SMILES string of the molecule is O=C(O)c1noc(-c2cccc(Br)c2Cl)n1. The molecule has 7 heteroatoms. The van der Waals surface area contributed by atoms with Gasteiger partial charge in [-0.3, -0.25) is 0 Å². The normalized spacial score (nSPS) is 10.4. The Kier molecular flexibility index (Phi) is 2.93. The lowest BCUT2D eigenvalue weighted by Gasteiger charge is -1.99. The number of halogens is 2. The van der Waals surface area contributed by atoms with Crippen LogP contribution in [0, 0.1) is 0 Å². The zero-order valence-corrected chi connectivity index (χ0v) is 9.99. The second-order valence-electron chi connectivity index (χ2n) is 2.83. The van der Waals surface area contributed by atoms with Gasteiger partial charge in [0.15, 0.2) is 0 Å². The number of hydrogen-bond donors (Lipinski definition) is 1. The Balaban J connectivity index is 2.50. The summed E-state index contributed by atoms with van der Waals surface area (Å²) in [6.07, 6.45) is 0. The Morgan fingerprint density at radius 3 is 2.88 bits per heavy atom. The Bertz CT molecular complexity index is 555. The van der Waals surface area contributed by atoms with Crippen molar-refractivity contribution in [2.45, 2.75) is 0 Å². The van der Waals surface area contributed by atoms with Crippen molar-refractivity contribution in [3.8, 4) is 11.5 Å². The number of rotatable bonds is 2. The molecule has 0 aliphatic carbocycles. The molecule has 0 atom stereocenters. The number of aromatic nitrogens is 2. The van der Waals surface area contributed by atoms with Crippen molar-refractivity contribution in [3.63, 3.8) is 0 Å². The quantitative estimate of drug-likeness (QED) is 0.923. The van der Waals surface area contributed by atoms with Crippen molar-refractivity contribution < 1.29 is 14.4 Å². The van der Waals surface area contributed by atoms with Crippen molar-refractivity contribution in [2.75, 3.05) is 0 Å². The van der Waals surface area contributed by atoms with Gasteiger partial charge in [0.2, 0.25) is 0 Å². The number of carboxylic acid groups (broad SMARTS) is 1. The van der Waals surface area contributed by atoms with Crippen molar-refractivity contribution in [1.29, 1.82) is 0 Å². The summed E-state index contributed by atoms with van der Waals surface area (Å²) >= 11 is 9.24. The second-order valence-corrected chi connectivity index (χ2v) is 4.06. The predicted molar refractivity (Wildman–Crippen MR) is 59.4 cm³/mol. The monoisotopic (exact) mass is 302 g/mol. The van der Waals surface area contributed by atoms with E-state index in [9.17, 15) is 4.79 Å². The number of aromatic carboxylic acids is 1. The van der Waals surface area contributed by atoms with Gasteiger partial charge < -0.3 is 9.63 Å². The summed E-state index contributed by atoms with van der Waals surface area (Å²) in [6.45, 7) is 0. The highest BCUT2D eigenvalue weighted by Gasteiger charge is 2.17. The molecule has 1 aromatic carbocycles. The predicted octanol–water partition coefficient (Wildman–Crippen LogP) is 2.85. The number of carboxylic acids is 1. The molecule has 1 aromatic heterocycles. The first-order valence-corrected chi connectivity index (χ1v) is 5.28. The molecule has 0 bridgehead atoms. The van der Waals surface area contributed by atoms with Crippen LogP contribution in [-0.4, -0.2) is 21.2 Å². The first-order valence-electron chi connectivity index (χ1n) is 4.11. The van der Waals surface area contributed by atoms with Crippen molar-refractivity contribution in [2.24, 2.45) is 0 Å². The van der Waals surface area contributed by atoms with Crippen LogP contribution in [0.5, 0.6) is 0 Å². The third kappa shape index (κ3) is 1.94. The Hall–Kier alpha value is -1.40. The van der Waals surface area contributed by atoms with Crippen molar-refractivity contribution in [3.05, 3.63) is 33.5 Å². The molecule has 0 aliphatic rings. The fourth-order valence-electron chi connectivity index (χ4n) is 1.09. The van der Waals surface area contributed by atoms with E-state index < -0.39 is 11.8 Å². The summed E-state index contributed by atoms with van der Waals surface area (Å²) in [5.41, 5.74) is 0.482. The van der Waals surface area contributed by atoms with Crippen LogP contribution >= 0.6 is 27.5 Å². The van der Waals surface area contributed by atoms with Crippen LogP contribution < -0.4 is 0 Å². The average Bonchev–Trinajstić information content (AvgIpc) is 2.71. The molecular weight excluding hydrogens is 299 g/mol. The Morgan fingerprint density at radius 2 is 2.25 bits per heavy atom. The van der Waals surface area contributed by atoms with E-state index in [1.807, 2.05) is 0 Å². The molecule has 5 nitrogen and oxygen atoms in total. The number of nitrogens with zero attached hydrogens (tertiary/aromatic N) is 2. The minimum absolute atomic E-state index is 0.0729. The highest BCUT2D eigenvalue weighted by atomic mass is 79.9. The molecule has 0 saturated carbocycles. The zero-order valence-electron chi connectivity index (χ0n) is 7.65. The van der Waals surface area contributed by atoms with Crippen LogP contribution in [0.2, 0.25) is 5.02 Å². The first kappa shape index (κ1) is 11.1. The number of hydrogen-bond acceptors (Lipinski definition) is 4. The van der Waals surface area contributed by atoms with Gasteiger partial charge in [-0.05, 0) is 33.2 Å². The van der Waals surface area contributed by atoms with Crippen LogP contribution in [0.4, 0.5) is 0 Å². The summed E-state index contributed by atoms with van der Waals surface area (Å²) in [7, 11) is 0. The largest absolute Gasteiger partial charge is 0.475 e. The van der Waals surface area contributed by atoms with Gasteiger partial charge in [-0.25, -0.2) is 4.79 Å². The fraction of sp³-hybridized carbons (Fsp3) is 0. The second kappa shape index (κ2) is 4.23. The van der Waals surface area contributed by atoms with E-state index in [1.165, 1.54) is 0 Å². The van der Waals surface area contributed by atoms with E-state index in [2.05, 4.69) is 26.1 Å². The Morgan fingerprint density at radius 1 is 1.50 bits per heavy atom. The molecule has 16 heavy (non-hydrogen) atoms. The maximum absolute atomic E-state index is 10.6. The van der Waals surface area contributed by atoms with E-state index in [4.69, 9.17) is 21.2 Å². The van der Waals surface area contributed by atoms with Crippen molar-refractivity contribution in [1.82, 2.24) is 10.1 Å². The van der Waals surface area contributed by atoms with E-state index in [-0.39, 0.29) is 5.89 Å². The smallest absolute Gasteiger partial charge is 0.377 e. The molecule has 0 fully saturated rings. The van der Waals surface area contributed by atoms with Gasteiger partial charge in [0, 0.05) is 4.47 Å². The van der Waals surface area contributed by atoms with Crippen LogP contribution in [0.3, 0.4) is 0 Å². The van der Waals surface area contributed by atoms with E-state index >= 15 is 0 Å². The van der Waals surface area contributed by atoms with Crippen LogP contribution in [-0.2, 0) is 0 Å². The topological polar surface area (TPSA) is 76.2 Å². The zero-order chi connectivity index (χ0) is 11.7. The minimum atomic E-state index is -1.25. The van der Waals surface area contributed by atoms with Gasteiger partial charge in [0.25, 0.3) is 11.7 Å². The van der Waals surface area contributed by atoms with Crippen LogP contribution in [0.15, 0.2) is 27.2 Å². The summed E-state index contributed by atoms with van der Waals surface area (Å²) in [5.74, 6) is -1.57.